The second kappa shape index (κ2) is 27.2. The van der Waals surface area contributed by atoms with Crippen molar-refractivity contribution in [1.29, 1.82) is 0 Å². The maximum Gasteiger partial charge on any atom is 0.220 e. The normalized spacial score (nSPS) is 18.0. The Morgan fingerprint density at radius 3 is 1.93 bits per heavy atom. The zero-order valence-electron chi connectivity index (χ0n) is 36.3. The average Bonchev–Trinajstić information content (AvgIpc) is 3.24. The number of hydrogen-bond acceptors (Lipinski definition) is 6. The summed E-state index contributed by atoms with van der Waals surface area (Å²) >= 11 is 0. The van der Waals surface area contributed by atoms with Crippen LogP contribution in [-0.2, 0) is 32.2 Å². The van der Waals surface area contributed by atoms with E-state index >= 15 is 0 Å². The van der Waals surface area contributed by atoms with E-state index in [1.807, 2.05) is 24.3 Å². The highest BCUT2D eigenvalue weighted by Crippen LogP contribution is 2.42. The number of amides is 2. The lowest BCUT2D eigenvalue weighted by Gasteiger charge is -2.43. The Balaban J connectivity index is 1.46. The molecule has 0 unspecified atom stereocenters. The van der Waals surface area contributed by atoms with Crippen molar-refractivity contribution < 1.29 is 24.2 Å². The fraction of sp³-hybridized carbons (Fsp3) is 0.600. The predicted octanol–water partition coefficient (Wildman–Crippen LogP) is 11.0. The Hall–Kier alpha value is -3.56. The van der Waals surface area contributed by atoms with E-state index in [9.17, 15) is 14.7 Å². The van der Waals surface area contributed by atoms with Crippen LogP contribution in [0, 0.1) is 5.92 Å². The molecule has 1 heterocycles. The van der Waals surface area contributed by atoms with Crippen molar-refractivity contribution >= 4 is 11.8 Å². The maximum atomic E-state index is 12.7. The molecular weight excluding hydrogens is 723 g/mol. The Morgan fingerprint density at radius 2 is 1.29 bits per heavy atom. The fourth-order valence-electron chi connectivity index (χ4n) is 8.02. The van der Waals surface area contributed by atoms with E-state index in [2.05, 4.69) is 84.8 Å². The van der Waals surface area contributed by atoms with Crippen LogP contribution in [0.1, 0.15) is 165 Å². The Bertz CT molecular complexity index is 1560. The molecule has 1 fully saturated rings. The van der Waals surface area contributed by atoms with Gasteiger partial charge in [-0.2, -0.15) is 0 Å². The second-order valence-corrected chi connectivity index (χ2v) is 16.5. The summed E-state index contributed by atoms with van der Waals surface area (Å²) < 4.78 is 13.8. The number of benzene rings is 3. The molecule has 0 radical (unpaired) electrons. The van der Waals surface area contributed by atoms with Gasteiger partial charge in [-0.25, -0.2) is 0 Å². The van der Waals surface area contributed by atoms with Crippen LogP contribution in [0.3, 0.4) is 0 Å². The van der Waals surface area contributed by atoms with Gasteiger partial charge in [0.2, 0.25) is 11.8 Å². The van der Waals surface area contributed by atoms with E-state index in [1.165, 1.54) is 84.0 Å². The smallest absolute Gasteiger partial charge is 0.220 e. The van der Waals surface area contributed by atoms with Crippen molar-refractivity contribution in [3.05, 3.63) is 95.1 Å². The summed E-state index contributed by atoms with van der Waals surface area (Å²) in [5, 5.41) is 15.7. The van der Waals surface area contributed by atoms with Crippen LogP contribution in [0.15, 0.2) is 72.8 Å². The first-order valence-electron chi connectivity index (χ1n) is 22.7. The van der Waals surface area contributed by atoms with Gasteiger partial charge in [0, 0.05) is 44.5 Å². The minimum atomic E-state index is -0.518. The van der Waals surface area contributed by atoms with Gasteiger partial charge in [0.25, 0.3) is 0 Å². The Morgan fingerprint density at radius 1 is 0.690 bits per heavy atom. The topological polar surface area (TPSA) is 100 Å². The van der Waals surface area contributed by atoms with Crippen LogP contribution < -0.4 is 10.6 Å². The predicted molar refractivity (Wildman–Crippen MR) is 237 cm³/mol. The van der Waals surface area contributed by atoms with Crippen molar-refractivity contribution in [2.24, 2.45) is 5.92 Å². The van der Waals surface area contributed by atoms with Crippen molar-refractivity contribution in [2.75, 3.05) is 26.2 Å². The molecule has 4 atom stereocenters. The largest absolute Gasteiger partial charge is 0.392 e. The van der Waals surface area contributed by atoms with E-state index < -0.39 is 6.29 Å². The van der Waals surface area contributed by atoms with E-state index in [1.54, 1.807) is 0 Å². The van der Waals surface area contributed by atoms with Gasteiger partial charge in [0.15, 0.2) is 6.29 Å². The number of carbonyl (C=O) groups excluding carboxylic acids is 2. The third kappa shape index (κ3) is 16.6. The number of nitrogens with one attached hydrogen (secondary N) is 2. The highest BCUT2D eigenvalue weighted by molar-refractivity contribution is 5.76. The standard InChI is InChI=1S/C50H75N3O5/c1-5-7-9-11-13-20-34-53(35-21-14-12-10-8-6-2)37-47-39(3)49(43-27-25-41(38-54)26-28-43)58-50(57-47)44-31-29-42(30-32-44)46-23-18-17-22-45(46)36-52-48(56)24-16-15-19-33-51-40(4)55/h17-18,22-23,25-32,39,47,49-50,54H,5-16,19-21,24,33-38H2,1-4H3,(H,51,55)(H,52,56)/t39-,47+,49+,50+/m0/s1. The number of hydrogen-bond donors (Lipinski definition) is 3. The molecule has 0 saturated carbocycles. The lowest BCUT2D eigenvalue weighted by Crippen LogP contribution is -2.45. The van der Waals surface area contributed by atoms with Crippen LogP contribution >= 0.6 is 0 Å². The van der Waals surface area contributed by atoms with E-state index in [0.717, 1.165) is 72.3 Å². The molecule has 0 bridgehead atoms. The third-order valence-corrected chi connectivity index (χ3v) is 11.7. The monoisotopic (exact) mass is 798 g/mol. The molecule has 3 aromatic carbocycles. The molecule has 0 spiro atoms. The molecule has 320 valence electrons. The number of ether oxygens (including phenoxy) is 2. The molecule has 0 aromatic heterocycles. The van der Waals surface area contributed by atoms with Crippen molar-refractivity contribution in [1.82, 2.24) is 15.5 Å². The number of nitrogens with zero attached hydrogens (tertiary/aromatic N) is 1. The fourth-order valence-corrected chi connectivity index (χ4v) is 8.02. The maximum absolute atomic E-state index is 12.7. The summed E-state index contributed by atoms with van der Waals surface area (Å²) in [6.45, 7) is 12.6. The highest BCUT2D eigenvalue weighted by Gasteiger charge is 2.39. The van der Waals surface area contributed by atoms with E-state index in [4.69, 9.17) is 9.47 Å². The number of aliphatic hydroxyl groups is 1. The number of rotatable bonds is 28. The van der Waals surface area contributed by atoms with E-state index in [-0.39, 0.29) is 36.5 Å². The lowest BCUT2D eigenvalue weighted by molar-refractivity contribution is -0.276. The molecule has 58 heavy (non-hydrogen) atoms. The zero-order valence-corrected chi connectivity index (χ0v) is 36.3. The third-order valence-electron chi connectivity index (χ3n) is 11.7. The zero-order chi connectivity index (χ0) is 41.4. The molecule has 1 saturated heterocycles. The first-order chi connectivity index (χ1) is 28.3. The molecule has 8 heteroatoms. The quantitative estimate of drug-likeness (QED) is 0.0633. The molecule has 1 aliphatic heterocycles. The van der Waals surface area contributed by atoms with Gasteiger partial charge in [-0.15, -0.1) is 0 Å². The summed E-state index contributed by atoms with van der Waals surface area (Å²) in [4.78, 5) is 26.4. The first-order valence-corrected chi connectivity index (χ1v) is 22.7. The molecular formula is C50H75N3O5. The number of carbonyl (C=O) groups is 2. The van der Waals surface area contributed by atoms with Crippen LogP contribution in [-0.4, -0.2) is 54.1 Å². The first kappa shape index (κ1) is 47.1. The SMILES string of the molecule is CCCCCCCCN(CCCCCCCC)C[C@H]1O[C@@H](c2ccc(-c3ccccc3CNC(=O)CCCCCNC(C)=O)cc2)O[C@@H](c2ccc(CO)cc2)[C@H]1C. The van der Waals surface area contributed by atoms with Gasteiger partial charge in [0.1, 0.15) is 0 Å². The molecule has 2 amide bonds. The van der Waals surface area contributed by atoms with Gasteiger partial charge < -0.3 is 30.1 Å². The summed E-state index contributed by atoms with van der Waals surface area (Å²) in [6.07, 6.45) is 17.9. The summed E-state index contributed by atoms with van der Waals surface area (Å²) in [6, 6.07) is 25.0. The molecule has 3 aromatic rings. The van der Waals surface area contributed by atoms with Crippen LogP contribution in [0.25, 0.3) is 11.1 Å². The van der Waals surface area contributed by atoms with Gasteiger partial charge in [0.05, 0.1) is 18.8 Å². The van der Waals surface area contributed by atoms with Gasteiger partial charge in [-0.3, -0.25) is 9.59 Å². The number of aliphatic hydroxyl groups excluding tert-OH is 1. The van der Waals surface area contributed by atoms with Crippen molar-refractivity contribution in [3.63, 3.8) is 0 Å². The van der Waals surface area contributed by atoms with Crippen molar-refractivity contribution in [2.45, 2.75) is 162 Å². The van der Waals surface area contributed by atoms with E-state index in [0.29, 0.717) is 19.5 Å². The summed E-state index contributed by atoms with van der Waals surface area (Å²) in [5.41, 5.74) is 6.22. The van der Waals surface area contributed by atoms with Crippen LogP contribution in [0.2, 0.25) is 0 Å². The summed E-state index contributed by atoms with van der Waals surface area (Å²) in [7, 11) is 0. The van der Waals surface area contributed by atoms with Crippen molar-refractivity contribution in [3.8, 4) is 11.1 Å². The molecule has 3 N–H and O–H groups in total. The molecule has 0 aliphatic carbocycles. The Kier molecular flexibility index (Phi) is 22.1. The van der Waals surface area contributed by atoms with Crippen LogP contribution in [0.5, 0.6) is 0 Å². The van der Waals surface area contributed by atoms with Crippen LogP contribution in [0.4, 0.5) is 0 Å². The summed E-state index contributed by atoms with van der Waals surface area (Å²) in [5.74, 6) is 0.158. The second-order valence-electron chi connectivity index (χ2n) is 16.5. The van der Waals surface area contributed by atoms with Gasteiger partial charge >= 0.3 is 0 Å². The van der Waals surface area contributed by atoms with Gasteiger partial charge in [-0.05, 0) is 66.6 Å². The molecule has 1 aliphatic rings. The lowest BCUT2D eigenvalue weighted by atomic mass is 9.89. The average molecular weight is 798 g/mol. The molecule has 8 nitrogen and oxygen atoms in total. The molecule has 4 rings (SSSR count). The minimum absolute atomic E-state index is 0.0114. The van der Waals surface area contributed by atoms with Gasteiger partial charge in [-0.1, -0.05) is 164 Å². The number of unbranched alkanes of at least 4 members (excludes halogenated alkanes) is 12. The Labute approximate surface area is 350 Å². The highest BCUT2D eigenvalue weighted by atomic mass is 16.7. The minimum Gasteiger partial charge on any atom is -0.392 e.